The standard InChI is InChI=1S/C16H18ClN3S/c1-2-16(12-5-7-13(17)8-6-12)11-19-15(18)20(16)10-14-4-3-9-21-14/h3-9H,2,10-11H2,1H3,(H2,18,19). The van der Waals surface area contributed by atoms with Crippen LogP contribution in [0.5, 0.6) is 0 Å². The molecule has 21 heavy (non-hydrogen) atoms. The minimum absolute atomic E-state index is 0.168. The van der Waals surface area contributed by atoms with Crippen molar-refractivity contribution >= 4 is 28.9 Å². The number of nitrogens with two attached hydrogens (primary N) is 1. The van der Waals surface area contributed by atoms with E-state index in [1.807, 2.05) is 12.1 Å². The lowest BCUT2D eigenvalue weighted by molar-refractivity contribution is 0.188. The number of rotatable bonds is 4. The molecule has 0 saturated heterocycles. The second kappa shape index (κ2) is 5.70. The van der Waals surface area contributed by atoms with Gasteiger partial charge in [-0.3, -0.25) is 4.99 Å². The van der Waals surface area contributed by atoms with Crippen LogP contribution in [0.1, 0.15) is 23.8 Å². The third kappa shape index (κ3) is 2.54. The van der Waals surface area contributed by atoms with E-state index >= 15 is 0 Å². The van der Waals surface area contributed by atoms with Crippen LogP contribution in [0, 0.1) is 0 Å². The van der Waals surface area contributed by atoms with Crippen LogP contribution >= 0.6 is 22.9 Å². The first-order valence-corrected chi connectivity index (χ1v) is 8.27. The Kier molecular flexibility index (Phi) is 3.91. The molecule has 1 unspecified atom stereocenters. The molecule has 1 atom stereocenters. The molecule has 1 aliphatic rings. The zero-order valence-corrected chi connectivity index (χ0v) is 13.5. The second-order valence-electron chi connectivity index (χ2n) is 5.23. The van der Waals surface area contributed by atoms with Crippen LogP contribution in [0.4, 0.5) is 0 Å². The number of guanidine groups is 1. The summed E-state index contributed by atoms with van der Waals surface area (Å²) in [6.45, 7) is 3.68. The lowest BCUT2D eigenvalue weighted by atomic mass is 9.86. The van der Waals surface area contributed by atoms with Gasteiger partial charge in [0, 0.05) is 9.90 Å². The van der Waals surface area contributed by atoms with Crippen LogP contribution in [0.3, 0.4) is 0 Å². The Morgan fingerprint density at radius 2 is 2.10 bits per heavy atom. The van der Waals surface area contributed by atoms with Crippen molar-refractivity contribution in [1.29, 1.82) is 0 Å². The number of aliphatic imine (C=N–C) groups is 1. The summed E-state index contributed by atoms with van der Waals surface area (Å²) >= 11 is 7.77. The van der Waals surface area contributed by atoms with Crippen LogP contribution < -0.4 is 5.73 Å². The smallest absolute Gasteiger partial charge is 0.192 e. The second-order valence-corrected chi connectivity index (χ2v) is 6.70. The predicted octanol–water partition coefficient (Wildman–Crippen LogP) is 3.84. The minimum atomic E-state index is -0.168. The van der Waals surface area contributed by atoms with E-state index < -0.39 is 0 Å². The maximum absolute atomic E-state index is 6.17. The third-order valence-electron chi connectivity index (χ3n) is 4.16. The molecule has 1 aromatic heterocycles. The highest BCUT2D eigenvalue weighted by atomic mass is 35.5. The number of hydrogen-bond acceptors (Lipinski definition) is 4. The molecule has 1 aliphatic heterocycles. The Morgan fingerprint density at radius 3 is 2.71 bits per heavy atom. The van der Waals surface area contributed by atoms with Gasteiger partial charge in [0.25, 0.3) is 0 Å². The van der Waals surface area contributed by atoms with E-state index in [0.717, 1.165) is 18.0 Å². The monoisotopic (exact) mass is 319 g/mol. The summed E-state index contributed by atoms with van der Waals surface area (Å²) in [5.74, 6) is 0.625. The molecule has 0 bridgehead atoms. The molecule has 0 radical (unpaired) electrons. The Morgan fingerprint density at radius 1 is 1.33 bits per heavy atom. The average Bonchev–Trinajstić information content (AvgIpc) is 3.11. The molecule has 0 fully saturated rings. The topological polar surface area (TPSA) is 41.6 Å². The first kappa shape index (κ1) is 14.4. The molecule has 2 aromatic rings. The van der Waals surface area contributed by atoms with Crippen molar-refractivity contribution in [2.45, 2.75) is 25.4 Å². The molecule has 0 aliphatic carbocycles. The Labute approximate surface area is 134 Å². The van der Waals surface area contributed by atoms with Gasteiger partial charge in [0.15, 0.2) is 5.96 Å². The van der Waals surface area contributed by atoms with Crippen molar-refractivity contribution in [3.05, 3.63) is 57.2 Å². The number of thiophene rings is 1. The Bertz CT molecular complexity index is 636. The normalized spacial score (nSPS) is 21.6. The zero-order valence-electron chi connectivity index (χ0n) is 11.9. The van der Waals surface area contributed by atoms with E-state index in [2.05, 4.69) is 46.5 Å². The highest BCUT2D eigenvalue weighted by molar-refractivity contribution is 7.09. The van der Waals surface area contributed by atoms with Gasteiger partial charge in [-0.05, 0) is 35.6 Å². The minimum Gasteiger partial charge on any atom is -0.370 e. The molecule has 5 heteroatoms. The van der Waals surface area contributed by atoms with Gasteiger partial charge in [-0.1, -0.05) is 36.7 Å². The van der Waals surface area contributed by atoms with Crippen LogP contribution in [0.15, 0.2) is 46.8 Å². The molecule has 2 N–H and O–H groups in total. The van der Waals surface area contributed by atoms with Crippen LogP contribution in [-0.2, 0) is 12.1 Å². The maximum atomic E-state index is 6.17. The number of nitrogens with zero attached hydrogens (tertiary/aromatic N) is 2. The van der Waals surface area contributed by atoms with Crippen LogP contribution in [0.2, 0.25) is 5.02 Å². The maximum Gasteiger partial charge on any atom is 0.192 e. The first-order valence-electron chi connectivity index (χ1n) is 7.02. The molecule has 0 spiro atoms. The summed E-state index contributed by atoms with van der Waals surface area (Å²) in [6, 6.07) is 12.2. The van der Waals surface area contributed by atoms with E-state index in [-0.39, 0.29) is 5.54 Å². The van der Waals surface area contributed by atoms with Gasteiger partial charge in [-0.2, -0.15) is 0 Å². The van der Waals surface area contributed by atoms with Crippen molar-refractivity contribution in [1.82, 2.24) is 4.90 Å². The number of hydrogen-bond donors (Lipinski definition) is 1. The van der Waals surface area contributed by atoms with Crippen LogP contribution in [0.25, 0.3) is 0 Å². The summed E-state index contributed by atoms with van der Waals surface area (Å²) in [5, 5.41) is 2.84. The fourth-order valence-corrected chi connectivity index (χ4v) is 3.73. The van der Waals surface area contributed by atoms with Crippen molar-refractivity contribution in [2.75, 3.05) is 6.54 Å². The highest BCUT2D eigenvalue weighted by Gasteiger charge is 2.42. The van der Waals surface area contributed by atoms with E-state index in [1.54, 1.807) is 11.3 Å². The van der Waals surface area contributed by atoms with E-state index in [9.17, 15) is 0 Å². The SMILES string of the molecule is CCC1(c2ccc(Cl)cc2)CN=C(N)N1Cc1cccs1. The molecule has 2 heterocycles. The van der Waals surface area contributed by atoms with Gasteiger partial charge in [-0.25, -0.2) is 0 Å². The van der Waals surface area contributed by atoms with Gasteiger partial charge in [-0.15, -0.1) is 11.3 Å². The summed E-state index contributed by atoms with van der Waals surface area (Å²) in [6.07, 6.45) is 0.949. The van der Waals surface area contributed by atoms with Crippen molar-refractivity contribution in [3.8, 4) is 0 Å². The Balaban J connectivity index is 1.97. The largest absolute Gasteiger partial charge is 0.370 e. The van der Waals surface area contributed by atoms with E-state index in [4.69, 9.17) is 17.3 Å². The molecule has 0 saturated carbocycles. The first-order chi connectivity index (χ1) is 10.2. The molecular formula is C16H18ClN3S. The van der Waals surface area contributed by atoms with Gasteiger partial charge < -0.3 is 10.6 Å². The molecular weight excluding hydrogens is 302 g/mol. The fraction of sp³-hybridized carbons (Fsp3) is 0.312. The highest BCUT2D eigenvalue weighted by Crippen LogP contribution is 2.38. The predicted molar refractivity (Wildman–Crippen MR) is 89.8 cm³/mol. The number of halogens is 1. The van der Waals surface area contributed by atoms with Crippen molar-refractivity contribution in [2.24, 2.45) is 10.7 Å². The fourth-order valence-electron chi connectivity index (χ4n) is 2.91. The summed E-state index contributed by atoms with van der Waals surface area (Å²) in [4.78, 5) is 8.03. The van der Waals surface area contributed by atoms with Crippen molar-refractivity contribution < 1.29 is 0 Å². The molecule has 1 aromatic carbocycles. The van der Waals surface area contributed by atoms with Crippen molar-refractivity contribution in [3.63, 3.8) is 0 Å². The third-order valence-corrected chi connectivity index (χ3v) is 5.27. The van der Waals surface area contributed by atoms with Crippen LogP contribution in [-0.4, -0.2) is 17.4 Å². The van der Waals surface area contributed by atoms with Gasteiger partial charge in [0.1, 0.15) is 0 Å². The lowest BCUT2D eigenvalue weighted by Crippen LogP contribution is -2.48. The van der Waals surface area contributed by atoms with Gasteiger partial charge in [0.05, 0.1) is 18.6 Å². The number of benzene rings is 1. The molecule has 110 valence electrons. The van der Waals surface area contributed by atoms with E-state index in [0.29, 0.717) is 12.5 Å². The quantitative estimate of drug-likeness (QED) is 0.930. The van der Waals surface area contributed by atoms with E-state index in [1.165, 1.54) is 10.4 Å². The summed E-state index contributed by atoms with van der Waals surface area (Å²) in [7, 11) is 0. The summed E-state index contributed by atoms with van der Waals surface area (Å²) < 4.78 is 0. The average molecular weight is 320 g/mol. The molecule has 0 amide bonds. The Hall–Kier alpha value is -1.52. The molecule has 3 rings (SSSR count). The zero-order chi connectivity index (χ0) is 14.9. The van der Waals surface area contributed by atoms with Gasteiger partial charge in [0.2, 0.25) is 0 Å². The lowest BCUT2D eigenvalue weighted by Gasteiger charge is -2.39. The molecule has 3 nitrogen and oxygen atoms in total. The van der Waals surface area contributed by atoms with Gasteiger partial charge >= 0.3 is 0 Å². The summed E-state index contributed by atoms with van der Waals surface area (Å²) in [5.41, 5.74) is 7.22.